The van der Waals surface area contributed by atoms with Crippen molar-refractivity contribution in [2.24, 2.45) is 11.8 Å². The molecule has 4 aromatic carbocycles. The summed E-state index contributed by atoms with van der Waals surface area (Å²) in [6, 6.07) is 20.3. The number of thioether (sulfide) groups is 2. The molecule has 16 heteroatoms. The standard InChI is InChI=1S/C21H20ClF3O3S.C21H22ClF3O3S/c1-29-15-6-4-13(5-7-15)16-9-14(17(20(26)27)8-12-2-3-12)10-18(22)19(16)28-11-21(23,24)25;1-12(2)8-17(20(26)27)14-9-16(13-4-6-15(29-3)7-5-13)19(18(22)10-14)28-11-21(23,24)25/h4-7,9-10,12,17H,2-3,8,11H2,1H3,(H,26,27);4-7,9-10,12,17H,8,11H2,1-3H3,(H,26,27)/t2*17-/m01/s1. The Hall–Kier alpha value is -3.72. The number of carbonyl (C=O) groups is 2. The third-order valence-electron chi connectivity index (χ3n) is 9.07. The van der Waals surface area contributed by atoms with Crippen LogP contribution >= 0.6 is 46.7 Å². The monoisotopic (exact) mass is 890 g/mol. The Balaban J connectivity index is 0.000000257. The first-order chi connectivity index (χ1) is 27.2. The lowest BCUT2D eigenvalue weighted by Gasteiger charge is -2.20. The van der Waals surface area contributed by atoms with Gasteiger partial charge in [0, 0.05) is 20.9 Å². The van der Waals surface area contributed by atoms with Crippen LogP contribution in [0, 0.1) is 11.8 Å². The van der Waals surface area contributed by atoms with E-state index < -0.39 is 49.3 Å². The average molecular weight is 892 g/mol. The molecule has 1 aliphatic carbocycles. The minimum atomic E-state index is -4.52. The van der Waals surface area contributed by atoms with Gasteiger partial charge in [0.2, 0.25) is 0 Å². The number of ether oxygens (including phenoxy) is 2. The van der Waals surface area contributed by atoms with Crippen LogP contribution in [0.5, 0.6) is 11.5 Å². The lowest BCUT2D eigenvalue weighted by Crippen LogP contribution is -2.20. The topological polar surface area (TPSA) is 93.1 Å². The van der Waals surface area contributed by atoms with Gasteiger partial charge in [-0.25, -0.2) is 0 Å². The third kappa shape index (κ3) is 13.9. The summed E-state index contributed by atoms with van der Waals surface area (Å²) in [5, 5.41) is 19.2. The Labute approximate surface area is 351 Å². The van der Waals surface area contributed by atoms with Crippen LogP contribution in [0.4, 0.5) is 26.3 Å². The zero-order valence-corrected chi connectivity index (χ0v) is 35.0. The molecule has 6 nitrogen and oxygen atoms in total. The molecule has 4 aromatic rings. The van der Waals surface area contributed by atoms with Crippen molar-refractivity contribution in [1.29, 1.82) is 0 Å². The Morgan fingerprint density at radius 1 is 0.690 bits per heavy atom. The number of rotatable bonds is 16. The number of halogens is 8. The Morgan fingerprint density at radius 2 is 1.07 bits per heavy atom. The minimum absolute atomic E-state index is 0.0299. The lowest BCUT2D eigenvalue weighted by molar-refractivity contribution is -0.154. The van der Waals surface area contributed by atoms with Gasteiger partial charge in [0.15, 0.2) is 13.2 Å². The highest BCUT2D eigenvalue weighted by molar-refractivity contribution is 7.98. The van der Waals surface area contributed by atoms with Gasteiger partial charge in [0.25, 0.3) is 0 Å². The fourth-order valence-corrected chi connectivity index (χ4v) is 7.50. The third-order valence-corrected chi connectivity index (χ3v) is 11.1. The fraction of sp³-hybridized carbons (Fsp3) is 0.381. The van der Waals surface area contributed by atoms with Crippen LogP contribution in [0.3, 0.4) is 0 Å². The van der Waals surface area contributed by atoms with E-state index in [4.69, 9.17) is 32.7 Å². The lowest BCUT2D eigenvalue weighted by atomic mass is 9.88. The zero-order valence-electron chi connectivity index (χ0n) is 31.8. The summed E-state index contributed by atoms with van der Waals surface area (Å²) in [7, 11) is 0. The molecule has 0 aliphatic heterocycles. The summed E-state index contributed by atoms with van der Waals surface area (Å²) >= 11 is 15.6. The first kappa shape index (κ1) is 47.0. The molecule has 314 valence electrons. The van der Waals surface area contributed by atoms with Gasteiger partial charge >= 0.3 is 24.3 Å². The number of hydrogen-bond acceptors (Lipinski definition) is 6. The number of alkyl halides is 6. The summed E-state index contributed by atoms with van der Waals surface area (Å²) in [5.74, 6) is -3.31. The molecule has 1 fully saturated rings. The maximum absolute atomic E-state index is 12.7. The maximum atomic E-state index is 12.7. The normalized spacial score (nSPS) is 14.0. The van der Waals surface area contributed by atoms with Crippen molar-refractivity contribution in [3.63, 3.8) is 0 Å². The van der Waals surface area contributed by atoms with Crippen LogP contribution in [-0.4, -0.2) is 60.2 Å². The van der Waals surface area contributed by atoms with Gasteiger partial charge in [-0.3, -0.25) is 9.59 Å². The Kier molecular flexibility index (Phi) is 16.6. The Morgan fingerprint density at radius 3 is 1.38 bits per heavy atom. The summed E-state index contributed by atoms with van der Waals surface area (Å²) < 4.78 is 86.3. The number of carboxylic acids is 2. The molecule has 2 N–H and O–H groups in total. The van der Waals surface area contributed by atoms with Crippen molar-refractivity contribution in [2.75, 3.05) is 25.7 Å². The van der Waals surface area contributed by atoms with E-state index in [1.807, 2.05) is 50.6 Å². The van der Waals surface area contributed by atoms with Gasteiger partial charge in [-0.05, 0) is 108 Å². The molecule has 0 saturated heterocycles. The highest BCUT2D eigenvalue weighted by Crippen LogP contribution is 2.45. The molecule has 1 aliphatic rings. The molecule has 0 unspecified atom stereocenters. The first-order valence-electron chi connectivity index (χ1n) is 18.0. The number of aliphatic carboxylic acids is 2. The molecule has 58 heavy (non-hydrogen) atoms. The molecule has 5 rings (SSSR count). The SMILES string of the molecule is CSc1ccc(-c2cc([C@@H](CC(C)C)C(=O)O)cc(Cl)c2OCC(F)(F)F)cc1.CSc1ccc(-c2cc([C@H](CC3CC3)C(=O)O)cc(Cl)c2OCC(F)(F)F)cc1. The molecule has 0 heterocycles. The maximum Gasteiger partial charge on any atom is 0.422 e. The summed E-state index contributed by atoms with van der Waals surface area (Å²) in [6.45, 7) is 0.837. The van der Waals surface area contributed by atoms with Gasteiger partial charge in [-0.2, -0.15) is 26.3 Å². The highest BCUT2D eigenvalue weighted by Gasteiger charge is 2.34. The second kappa shape index (κ2) is 20.5. The van der Waals surface area contributed by atoms with Crippen molar-refractivity contribution < 1.29 is 55.6 Å². The van der Waals surface area contributed by atoms with Gasteiger partial charge in [-0.15, -0.1) is 23.5 Å². The highest BCUT2D eigenvalue weighted by atomic mass is 35.5. The number of benzene rings is 4. The molecule has 0 aromatic heterocycles. The van der Waals surface area contributed by atoms with Gasteiger partial charge in [-0.1, -0.05) is 74.2 Å². The molecule has 0 bridgehead atoms. The van der Waals surface area contributed by atoms with E-state index >= 15 is 0 Å². The van der Waals surface area contributed by atoms with Gasteiger partial charge in [0.1, 0.15) is 11.5 Å². The van der Waals surface area contributed by atoms with Gasteiger partial charge < -0.3 is 19.7 Å². The first-order valence-corrected chi connectivity index (χ1v) is 21.2. The zero-order chi connectivity index (χ0) is 42.9. The van der Waals surface area contributed by atoms with Crippen molar-refractivity contribution in [3.05, 3.63) is 94.0 Å². The fourth-order valence-electron chi connectivity index (χ4n) is 6.12. The minimum Gasteiger partial charge on any atom is -0.482 e. The molecule has 0 radical (unpaired) electrons. The van der Waals surface area contributed by atoms with Crippen molar-refractivity contribution in [3.8, 4) is 33.8 Å². The van der Waals surface area contributed by atoms with E-state index in [9.17, 15) is 46.1 Å². The second-order valence-corrected chi connectivity index (χ2v) is 16.7. The van der Waals surface area contributed by atoms with Gasteiger partial charge in [0.05, 0.1) is 21.9 Å². The predicted octanol–water partition coefficient (Wildman–Crippen LogP) is 13.5. The van der Waals surface area contributed by atoms with E-state index in [0.29, 0.717) is 52.1 Å². The smallest absolute Gasteiger partial charge is 0.422 e. The predicted molar refractivity (Wildman–Crippen MR) is 218 cm³/mol. The summed E-state index contributed by atoms with van der Waals surface area (Å²) in [5.41, 5.74) is 2.79. The number of carboxylic acid groups (broad SMARTS) is 2. The van der Waals surface area contributed by atoms with Crippen LogP contribution in [0.15, 0.2) is 82.6 Å². The second-order valence-electron chi connectivity index (χ2n) is 14.1. The van der Waals surface area contributed by atoms with E-state index in [1.165, 1.54) is 35.7 Å². The molecular formula is C42H42Cl2F6O6S2. The van der Waals surface area contributed by atoms with E-state index in [1.54, 1.807) is 36.4 Å². The van der Waals surface area contributed by atoms with E-state index in [2.05, 4.69) is 0 Å². The quantitative estimate of drug-likeness (QED) is 0.0849. The summed E-state index contributed by atoms with van der Waals surface area (Å²) in [4.78, 5) is 25.6. The van der Waals surface area contributed by atoms with Crippen LogP contribution in [-0.2, 0) is 9.59 Å². The van der Waals surface area contributed by atoms with Crippen molar-refractivity contribution in [1.82, 2.24) is 0 Å². The van der Waals surface area contributed by atoms with E-state index in [-0.39, 0.29) is 27.5 Å². The van der Waals surface area contributed by atoms with Crippen LogP contribution < -0.4 is 9.47 Å². The molecular weight excluding hydrogens is 849 g/mol. The molecule has 1 saturated carbocycles. The average Bonchev–Trinajstić information content (AvgIpc) is 3.98. The Bertz CT molecular complexity index is 1880. The number of hydrogen-bond donors (Lipinski definition) is 2. The van der Waals surface area contributed by atoms with Crippen LogP contribution in [0.1, 0.15) is 62.5 Å². The van der Waals surface area contributed by atoms with Crippen LogP contribution in [0.2, 0.25) is 10.0 Å². The molecule has 0 amide bonds. The molecule has 2 atom stereocenters. The van der Waals surface area contributed by atoms with E-state index in [0.717, 1.165) is 22.6 Å². The van der Waals surface area contributed by atoms with Crippen molar-refractivity contribution >= 4 is 58.7 Å². The molecule has 0 spiro atoms. The van der Waals surface area contributed by atoms with Crippen molar-refractivity contribution in [2.45, 2.75) is 73.5 Å². The summed E-state index contributed by atoms with van der Waals surface area (Å²) in [6.07, 6.45) is -2.37. The van der Waals surface area contributed by atoms with Crippen LogP contribution in [0.25, 0.3) is 22.3 Å². The largest absolute Gasteiger partial charge is 0.482 e.